The number of halogens is 1. The monoisotopic (exact) mass is 297 g/mol. The van der Waals surface area contributed by atoms with Crippen LogP contribution < -0.4 is 10.1 Å². The molecule has 1 aromatic rings. The molecule has 0 spiro atoms. The van der Waals surface area contributed by atoms with Crippen molar-refractivity contribution in [3.63, 3.8) is 0 Å². The van der Waals surface area contributed by atoms with Gasteiger partial charge >= 0.3 is 6.09 Å². The Labute approximate surface area is 120 Å². The number of carbonyl (C=O) groups is 1. The van der Waals surface area contributed by atoms with Crippen LogP contribution in [-0.2, 0) is 4.74 Å². The Morgan fingerprint density at radius 3 is 2.58 bits per heavy atom. The van der Waals surface area contributed by atoms with Gasteiger partial charge in [0.1, 0.15) is 13.7 Å². The van der Waals surface area contributed by atoms with Crippen molar-refractivity contribution in [1.82, 2.24) is 0 Å². The third kappa shape index (κ3) is 2.95. The number of hydrogen-bond acceptors (Lipinski definition) is 2. The first kappa shape index (κ1) is 14.4. The van der Waals surface area contributed by atoms with E-state index in [4.69, 9.17) is 16.3 Å². The molecule has 0 aliphatic carbocycles. The first-order valence-corrected chi connectivity index (χ1v) is 9.99. The molecule has 0 fully saturated rings. The smallest absolute Gasteiger partial charge is 0.414 e. The number of rotatable bonds is 0. The number of fused-ring (bicyclic) bond motifs is 1. The van der Waals surface area contributed by atoms with E-state index in [0.717, 1.165) is 16.9 Å². The van der Waals surface area contributed by atoms with Crippen LogP contribution in [0.3, 0.4) is 0 Å². The lowest BCUT2D eigenvalue weighted by Crippen LogP contribution is -2.45. The second kappa shape index (κ2) is 4.53. The Bertz CT molecular complexity index is 523. The lowest BCUT2D eigenvalue weighted by atomic mass is 10.2. The van der Waals surface area contributed by atoms with Gasteiger partial charge in [0.25, 0.3) is 0 Å². The molecule has 0 N–H and O–H groups in total. The molecule has 1 amide bonds. The van der Waals surface area contributed by atoms with Crippen molar-refractivity contribution >= 4 is 36.6 Å². The van der Waals surface area contributed by atoms with Gasteiger partial charge in [0.2, 0.25) is 0 Å². The summed E-state index contributed by atoms with van der Waals surface area (Å²) in [6.07, 6.45) is 0.478. The van der Waals surface area contributed by atoms with Crippen LogP contribution in [0.5, 0.6) is 0 Å². The van der Waals surface area contributed by atoms with Gasteiger partial charge in [0.05, 0.1) is 0 Å². The highest BCUT2D eigenvalue weighted by atomic mass is 35.5. The van der Waals surface area contributed by atoms with Crippen LogP contribution in [-0.4, -0.2) is 25.9 Å². The standard InChI is InChI=1S/C14H20ClNO2Si/c1-14(2,3)18-13(17)16-9-19(4,5)12-8-10(15)6-7-11(12)16/h6-8H,9H2,1-5H3. The topological polar surface area (TPSA) is 29.5 Å². The molecule has 1 aromatic carbocycles. The minimum Gasteiger partial charge on any atom is -0.443 e. The van der Waals surface area contributed by atoms with Gasteiger partial charge in [-0.25, -0.2) is 4.79 Å². The Balaban J connectivity index is 2.35. The normalized spacial score (nSPS) is 17.3. The van der Waals surface area contributed by atoms with E-state index in [2.05, 4.69) is 13.1 Å². The summed E-state index contributed by atoms with van der Waals surface area (Å²) in [5.41, 5.74) is 0.480. The van der Waals surface area contributed by atoms with E-state index >= 15 is 0 Å². The number of ether oxygens (including phenoxy) is 1. The molecule has 0 bridgehead atoms. The largest absolute Gasteiger partial charge is 0.443 e. The summed E-state index contributed by atoms with van der Waals surface area (Å²) < 4.78 is 5.48. The average Bonchev–Trinajstić information content (AvgIpc) is 2.49. The van der Waals surface area contributed by atoms with Gasteiger partial charge in [-0.1, -0.05) is 24.7 Å². The average molecular weight is 298 g/mol. The van der Waals surface area contributed by atoms with Crippen molar-refractivity contribution in [1.29, 1.82) is 0 Å². The minimum absolute atomic E-state index is 0.269. The van der Waals surface area contributed by atoms with E-state index in [1.54, 1.807) is 4.90 Å². The third-order valence-corrected chi connectivity index (χ3v) is 6.35. The van der Waals surface area contributed by atoms with E-state index in [-0.39, 0.29) is 6.09 Å². The van der Waals surface area contributed by atoms with Gasteiger partial charge in [-0.15, -0.1) is 0 Å². The van der Waals surface area contributed by atoms with Crippen LogP contribution in [0.2, 0.25) is 18.1 Å². The number of carbonyl (C=O) groups excluding carboxylic acids is 1. The molecule has 0 saturated heterocycles. The molecule has 3 nitrogen and oxygen atoms in total. The second-order valence-electron chi connectivity index (χ2n) is 6.61. The minimum atomic E-state index is -1.65. The lowest BCUT2D eigenvalue weighted by molar-refractivity contribution is 0.0587. The molecule has 1 heterocycles. The first-order valence-electron chi connectivity index (χ1n) is 6.41. The van der Waals surface area contributed by atoms with Gasteiger partial charge < -0.3 is 4.74 Å². The van der Waals surface area contributed by atoms with Crippen molar-refractivity contribution in [2.45, 2.75) is 39.5 Å². The van der Waals surface area contributed by atoms with E-state index in [1.807, 2.05) is 39.0 Å². The highest BCUT2D eigenvalue weighted by Crippen LogP contribution is 2.29. The van der Waals surface area contributed by atoms with Gasteiger partial charge in [0, 0.05) is 16.9 Å². The van der Waals surface area contributed by atoms with Crippen LogP contribution in [0.15, 0.2) is 18.2 Å². The number of amides is 1. The van der Waals surface area contributed by atoms with Crippen LogP contribution in [0.4, 0.5) is 10.5 Å². The Morgan fingerprint density at radius 2 is 2.00 bits per heavy atom. The van der Waals surface area contributed by atoms with Crippen molar-refractivity contribution < 1.29 is 9.53 Å². The second-order valence-corrected chi connectivity index (χ2v) is 11.7. The number of nitrogens with zero attached hydrogens (tertiary/aromatic N) is 1. The van der Waals surface area contributed by atoms with E-state index in [0.29, 0.717) is 0 Å². The van der Waals surface area contributed by atoms with Crippen LogP contribution in [0.25, 0.3) is 0 Å². The quantitative estimate of drug-likeness (QED) is 0.685. The van der Waals surface area contributed by atoms with E-state index in [9.17, 15) is 4.79 Å². The fraction of sp³-hybridized carbons (Fsp3) is 0.500. The molecular formula is C14H20ClNO2Si. The molecule has 19 heavy (non-hydrogen) atoms. The molecule has 1 aliphatic heterocycles. The molecule has 0 atom stereocenters. The van der Waals surface area contributed by atoms with Crippen molar-refractivity contribution in [3.8, 4) is 0 Å². The highest BCUT2D eigenvalue weighted by Gasteiger charge is 2.41. The highest BCUT2D eigenvalue weighted by molar-refractivity contribution is 6.93. The zero-order valence-corrected chi connectivity index (χ0v) is 13.8. The van der Waals surface area contributed by atoms with Crippen molar-refractivity contribution in [2.24, 2.45) is 0 Å². The SMILES string of the molecule is CC(C)(C)OC(=O)N1C[Si](C)(C)c2cc(Cl)ccc21. The zero-order chi connectivity index (χ0) is 14.4. The maximum absolute atomic E-state index is 12.3. The summed E-state index contributed by atoms with van der Waals surface area (Å²) in [7, 11) is -1.65. The number of benzene rings is 1. The summed E-state index contributed by atoms with van der Waals surface area (Å²) in [4.78, 5) is 14.0. The zero-order valence-electron chi connectivity index (χ0n) is 12.1. The van der Waals surface area contributed by atoms with E-state index < -0.39 is 13.7 Å². The fourth-order valence-corrected chi connectivity index (χ4v) is 5.31. The molecule has 0 radical (unpaired) electrons. The predicted molar refractivity (Wildman–Crippen MR) is 82.1 cm³/mol. The third-order valence-electron chi connectivity index (χ3n) is 3.15. The molecule has 5 heteroatoms. The van der Waals surface area contributed by atoms with Gasteiger partial charge in [-0.2, -0.15) is 0 Å². The van der Waals surface area contributed by atoms with Crippen LogP contribution in [0, 0.1) is 0 Å². The summed E-state index contributed by atoms with van der Waals surface area (Å²) in [5.74, 6) is 0. The van der Waals surface area contributed by atoms with Gasteiger partial charge in [-0.05, 0) is 44.2 Å². The maximum Gasteiger partial charge on any atom is 0.414 e. The van der Waals surface area contributed by atoms with E-state index in [1.165, 1.54) is 5.19 Å². The molecule has 0 aromatic heterocycles. The Kier molecular flexibility index (Phi) is 3.43. The molecule has 104 valence electrons. The van der Waals surface area contributed by atoms with Crippen LogP contribution in [0.1, 0.15) is 20.8 Å². The number of hydrogen-bond donors (Lipinski definition) is 0. The molecule has 0 saturated carbocycles. The van der Waals surface area contributed by atoms with Crippen molar-refractivity contribution in [3.05, 3.63) is 23.2 Å². The summed E-state index contributed by atoms with van der Waals surface area (Å²) in [6.45, 7) is 10.1. The Morgan fingerprint density at radius 1 is 1.37 bits per heavy atom. The molecular weight excluding hydrogens is 278 g/mol. The molecule has 2 rings (SSSR count). The summed E-state index contributed by atoms with van der Waals surface area (Å²) in [6, 6.07) is 5.74. The molecule has 0 unspecified atom stereocenters. The predicted octanol–water partition coefficient (Wildman–Crippen LogP) is 3.55. The summed E-state index contributed by atoms with van der Waals surface area (Å²) >= 11 is 6.07. The van der Waals surface area contributed by atoms with Gasteiger partial charge in [0.15, 0.2) is 0 Å². The van der Waals surface area contributed by atoms with Crippen LogP contribution >= 0.6 is 11.6 Å². The lowest BCUT2D eigenvalue weighted by Gasteiger charge is -2.25. The molecule has 1 aliphatic rings. The summed E-state index contributed by atoms with van der Waals surface area (Å²) in [5, 5.41) is 1.95. The number of anilines is 1. The Hall–Kier alpha value is -1.00. The van der Waals surface area contributed by atoms with Crippen molar-refractivity contribution in [2.75, 3.05) is 11.1 Å². The first-order chi connectivity index (χ1) is 8.60. The van der Waals surface area contributed by atoms with Gasteiger partial charge in [-0.3, -0.25) is 4.90 Å². The maximum atomic E-state index is 12.3. The fourth-order valence-electron chi connectivity index (χ4n) is 2.33.